The molecule has 1 amide bonds. The molecule has 2 aromatic rings. The third-order valence-electron chi connectivity index (χ3n) is 2.78. The second-order valence-corrected chi connectivity index (χ2v) is 5.18. The van der Waals surface area contributed by atoms with Crippen molar-refractivity contribution in [2.45, 2.75) is 19.8 Å². The largest absolute Gasteiger partial charge is 0.395 e. The maximum absolute atomic E-state index is 12.2. The Morgan fingerprint density at radius 3 is 3.05 bits per heavy atom. The Labute approximate surface area is 127 Å². The number of aryl methyl sites for hydroxylation is 1. The first kappa shape index (κ1) is 15.2. The highest BCUT2D eigenvalue weighted by molar-refractivity contribution is 7.12. The molecule has 0 spiro atoms. The summed E-state index contributed by atoms with van der Waals surface area (Å²) in [5.41, 5.74) is 1.61. The van der Waals surface area contributed by atoms with Crippen LogP contribution in [0.4, 0.5) is 5.82 Å². The van der Waals surface area contributed by atoms with E-state index in [1.54, 1.807) is 18.2 Å². The molecule has 2 aromatic heterocycles. The Hall–Kier alpha value is -2.16. The number of amides is 1. The quantitative estimate of drug-likeness (QED) is 0.853. The van der Waals surface area contributed by atoms with Gasteiger partial charge in [-0.2, -0.15) is 0 Å². The van der Waals surface area contributed by atoms with Crippen LogP contribution >= 0.6 is 11.3 Å². The summed E-state index contributed by atoms with van der Waals surface area (Å²) in [6, 6.07) is 7.25. The lowest BCUT2D eigenvalue weighted by atomic mass is 10.2. The third kappa shape index (κ3) is 4.15. The SMILES string of the molecule is CCc1ccsc1C(=O)Nc1cccc(C#CCCO)n1. The lowest BCUT2D eigenvalue weighted by Gasteiger charge is -2.04. The molecule has 0 bridgehead atoms. The van der Waals surface area contributed by atoms with E-state index in [1.807, 2.05) is 18.4 Å². The van der Waals surface area contributed by atoms with E-state index in [9.17, 15) is 4.79 Å². The van der Waals surface area contributed by atoms with Gasteiger partial charge in [0, 0.05) is 6.42 Å². The van der Waals surface area contributed by atoms with Crippen LogP contribution in [0.25, 0.3) is 0 Å². The van der Waals surface area contributed by atoms with Crippen molar-refractivity contribution in [3.8, 4) is 11.8 Å². The highest BCUT2D eigenvalue weighted by Crippen LogP contribution is 2.18. The molecule has 0 aliphatic carbocycles. The molecule has 0 atom stereocenters. The number of nitrogens with one attached hydrogen (secondary N) is 1. The number of pyridine rings is 1. The number of nitrogens with zero attached hydrogens (tertiary/aromatic N) is 1. The van der Waals surface area contributed by atoms with Crippen molar-refractivity contribution in [3.63, 3.8) is 0 Å². The number of anilines is 1. The average molecular weight is 300 g/mol. The predicted molar refractivity (Wildman–Crippen MR) is 84.5 cm³/mol. The van der Waals surface area contributed by atoms with Gasteiger partial charge in [-0.05, 0) is 41.5 Å². The average Bonchev–Trinajstić information content (AvgIpc) is 2.96. The molecule has 2 N–H and O–H groups in total. The van der Waals surface area contributed by atoms with Crippen LogP contribution in [0.5, 0.6) is 0 Å². The number of carbonyl (C=O) groups excluding carboxylic acids is 1. The van der Waals surface area contributed by atoms with Crippen LogP contribution < -0.4 is 5.32 Å². The first-order valence-electron chi connectivity index (χ1n) is 6.69. The molecule has 108 valence electrons. The van der Waals surface area contributed by atoms with E-state index in [2.05, 4.69) is 22.1 Å². The second kappa shape index (κ2) is 7.58. The summed E-state index contributed by atoms with van der Waals surface area (Å²) in [7, 11) is 0. The highest BCUT2D eigenvalue weighted by atomic mass is 32.1. The monoisotopic (exact) mass is 300 g/mol. The first-order chi connectivity index (χ1) is 10.2. The molecule has 4 nitrogen and oxygen atoms in total. The van der Waals surface area contributed by atoms with Gasteiger partial charge >= 0.3 is 0 Å². The standard InChI is InChI=1S/C16H16N2O2S/c1-2-12-9-11-21-15(12)16(20)18-14-8-5-7-13(17-14)6-3-4-10-19/h5,7-9,11,19H,2,4,10H2,1H3,(H,17,18,20). The molecule has 0 radical (unpaired) electrons. The fraction of sp³-hybridized carbons (Fsp3) is 0.250. The molecule has 0 saturated heterocycles. The van der Waals surface area contributed by atoms with Crippen molar-refractivity contribution in [1.29, 1.82) is 0 Å². The van der Waals surface area contributed by atoms with E-state index in [-0.39, 0.29) is 12.5 Å². The van der Waals surface area contributed by atoms with Crippen LogP contribution in [0.3, 0.4) is 0 Å². The predicted octanol–water partition coefficient (Wildman–Crippen LogP) is 2.69. The molecule has 0 aromatic carbocycles. The minimum Gasteiger partial charge on any atom is -0.395 e. The van der Waals surface area contributed by atoms with E-state index < -0.39 is 0 Å². The number of rotatable bonds is 4. The molecule has 0 unspecified atom stereocenters. The number of thiophene rings is 1. The highest BCUT2D eigenvalue weighted by Gasteiger charge is 2.12. The van der Waals surface area contributed by atoms with E-state index in [0.29, 0.717) is 17.9 Å². The minimum atomic E-state index is -0.144. The zero-order valence-electron chi connectivity index (χ0n) is 11.7. The summed E-state index contributed by atoms with van der Waals surface area (Å²) in [5, 5.41) is 13.4. The molecule has 2 rings (SSSR count). The number of aliphatic hydroxyl groups excluding tert-OH is 1. The summed E-state index contributed by atoms with van der Waals surface area (Å²) in [6.07, 6.45) is 1.24. The van der Waals surface area contributed by atoms with E-state index in [4.69, 9.17) is 5.11 Å². The van der Waals surface area contributed by atoms with Gasteiger partial charge in [0.25, 0.3) is 5.91 Å². The molecule has 0 aliphatic rings. The lowest BCUT2D eigenvalue weighted by Crippen LogP contribution is -2.13. The summed E-state index contributed by atoms with van der Waals surface area (Å²) < 4.78 is 0. The van der Waals surface area contributed by atoms with Crippen LogP contribution in [-0.4, -0.2) is 22.6 Å². The number of aromatic nitrogens is 1. The van der Waals surface area contributed by atoms with Gasteiger partial charge in [0.1, 0.15) is 11.5 Å². The van der Waals surface area contributed by atoms with Crippen LogP contribution in [0.1, 0.15) is 34.3 Å². The van der Waals surface area contributed by atoms with Crippen LogP contribution in [0.15, 0.2) is 29.6 Å². The summed E-state index contributed by atoms with van der Waals surface area (Å²) in [5.74, 6) is 5.99. The Bertz CT molecular complexity index is 683. The molecular weight excluding hydrogens is 284 g/mol. The number of hydrogen-bond donors (Lipinski definition) is 2. The summed E-state index contributed by atoms with van der Waals surface area (Å²) in [6.45, 7) is 2.05. The third-order valence-corrected chi connectivity index (χ3v) is 3.73. The molecule has 0 fully saturated rings. The van der Waals surface area contributed by atoms with Crippen LogP contribution in [-0.2, 0) is 6.42 Å². The fourth-order valence-electron chi connectivity index (χ4n) is 1.77. The van der Waals surface area contributed by atoms with Crippen molar-refractivity contribution in [2.24, 2.45) is 0 Å². The van der Waals surface area contributed by atoms with Gasteiger partial charge in [-0.15, -0.1) is 11.3 Å². The van der Waals surface area contributed by atoms with Crippen molar-refractivity contribution in [1.82, 2.24) is 4.98 Å². The first-order valence-corrected chi connectivity index (χ1v) is 7.57. The van der Waals surface area contributed by atoms with Gasteiger partial charge in [0.2, 0.25) is 0 Å². The van der Waals surface area contributed by atoms with Gasteiger partial charge in [0.15, 0.2) is 0 Å². The maximum atomic E-state index is 12.2. The number of aliphatic hydroxyl groups is 1. The number of carbonyl (C=O) groups is 1. The normalized spacial score (nSPS) is 9.81. The van der Waals surface area contributed by atoms with E-state index in [0.717, 1.165) is 16.9 Å². The zero-order valence-corrected chi connectivity index (χ0v) is 12.5. The van der Waals surface area contributed by atoms with Crippen molar-refractivity contribution in [3.05, 3.63) is 45.8 Å². The van der Waals surface area contributed by atoms with Crippen LogP contribution in [0, 0.1) is 11.8 Å². The van der Waals surface area contributed by atoms with Gasteiger partial charge < -0.3 is 10.4 Å². The van der Waals surface area contributed by atoms with Gasteiger partial charge in [-0.25, -0.2) is 4.98 Å². The topological polar surface area (TPSA) is 62.2 Å². The van der Waals surface area contributed by atoms with Crippen molar-refractivity contribution in [2.75, 3.05) is 11.9 Å². The summed E-state index contributed by atoms with van der Waals surface area (Å²) in [4.78, 5) is 17.2. The maximum Gasteiger partial charge on any atom is 0.267 e. The van der Waals surface area contributed by atoms with Crippen molar-refractivity contribution < 1.29 is 9.90 Å². The molecular formula is C16H16N2O2S. The van der Waals surface area contributed by atoms with Gasteiger partial charge in [-0.3, -0.25) is 4.79 Å². The lowest BCUT2D eigenvalue weighted by molar-refractivity contribution is 0.102. The molecule has 5 heteroatoms. The van der Waals surface area contributed by atoms with E-state index >= 15 is 0 Å². The Morgan fingerprint density at radius 1 is 1.43 bits per heavy atom. The Morgan fingerprint density at radius 2 is 2.29 bits per heavy atom. The fourth-order valence-corrected chi connectivity index (χ4v) is 2.66. The van der Waals surface area contributed by atoms with Crippen LogP contribution in [0.2, 0.25) is 0 Å². The Balaban J connectivity index is 2.11. The minimum absolute atomic E-state index is 0.0294. The summed E-state index contributed by atoms with van der Waals surface area (Å²) >= 11 is 1.43. The van der Waals surface area contributed by atoms with E-state index in [1.165, 1.54) is 11.3 Å². The molecule has 2 heterocycles. The molecule has 0 saturated carbocycles. The van der Waals surface area contributed by atoms with Crippen molar-refractivity contribution >= 4 is 23.1 Å². The smallest absolute Gasteiger partial charge is 0.267 e. The van der Waals surface area contributed by atoms with Gasteiger partial charge in [-0.1, -0.05) is 18.9 Å². The van der Waals surface area contributed by atoms with Gasteiger partial charge in [0.05, 0.1) is 11.5 Å². The molecule has 21 heavy (non-hydrogen) atoms. The Kier molecular flexibility index (Phi) is 5.50. The zero-order chi connectivity index (χ0) is 15.1. The molecule has 0 aliphatic heterocycles. The number of hydrogen-bond acceptors (Lipinski definition) is 4. The second-order valence-electron chi connectivity index (χ2n) is 4.27.